The van der Waals surface area contributed by atoms with Gasteiger partial charge < -0.3 is 20.3 Å². The highest BCUT2D eigenvalue weighted by Crippen LogP contribution is 2.31. The molecule has 0 aromatic heterocycles. The number of benzene rings is 2. The fourth-order valence-electron chi connectivity index (χ4n) is 3.85. The molecule has 0 radical (unpaired) electrons. The van der Waals surface area contributed by atoms with Crippen LogP contribution in [0.3, 0.4) is 0 Å². The number of fused-ring (bicyclic) bond motifs is 1. The Morgan fingerprint density at radius 3 is 2.66 bits per heavy atom. The van der Waals surface area contributed by atoms with Gasteiger partial charge in [0, 0.05) is 24.3 Å². The number of nitrogens with zero attached hydrogens (tertiary/aromatic N) is 2. The van der Waals surface area contributed by atoms with E-state index in [0.717, 1.165) is 6.42 Å². The van der Waals surface area contributed by atoms with Crippen molar-refractivity contribution >= 4 is 33.4 Å². The number of hydrogen-bond acceptors (Lipinski definition) is 6. The molecule has 2 N–H and O–H groups in total. The highest BCUT2D eigenvalue weighted by molar-refractivity contribution is 7.90. The number of amides is 2. The molecule has 2 heterocycles. The van der Waals surface area contributed by atoms with Crippen molar-refractivity contribution in [2.45, 2.75) is 30.7 Å². The van der Waals surface area contributed by atoms with Gasteiger partial charge in [-0.25, -0.2) is 0 Å². The SMILES string of the molecule is CCNC(=O)COc1ccc(NC(=O)[C@@H]2CCCN2C2=NS(=O)(=O)c3ccccc32)cc1. The van der Waals surface area contributed by atoms with E-state index in [1.54, 1.807) is 47.4 Å². The number of carbonyl (C=O) groups is 2. The number of likely N-dealkylation sites (tertiary alicyclic amines) is 1. The fourth-order valence-corrected chi connectivity index (χ4v) is 5.06. The molecular formula is C22H24N4O5S. The van der Waals surface area contributed by atoms with E-state index in [1.807, 2.05) is 6.92 Å². The summed E-state index contributed by atoms with van der Waals surface area (Å²) in [6.45, 7) is 2.84. The standard InChI is InChI=1S/C22H24N4O5S/c1-2-23-20(27)14-31-16-11-9-15(10-12-16)24-22(28)18-7-5-13-26(18)21-17-6-3-4-8-19(17)32(29,30)25-21/h3-4,6,8-12,18H,2,5,7,13-14H2,1H3,(H,23,27)(H,24,28)/t18-/m0/s1. The summed E-state index contributed by atoms with van der Waals surface area (Å²) in [4.78, 5) is 26.4. The van der Waals surface area contributed by atoms with Crippen molar-refractivity contribution in [3.63, 3.8) is 0 Å². The van der Waals surface area contributed by atoms with Crippen LogP contribution in [0.1, 0.15) is 25.3 Å². The van der Waals surface area contributed by atoms with Crippen LogP contribution in [0.5, 0.6) is 5.75 Å². The van der Waals surface area contributed by atoms with Gasteiger partial charge in [0.15, 0.2) is 12.4 Å². The number of amidine groups is 1. The van der Waals surface area contributed by atoms with Crippen molar-refractivity contribution in [1.29, 1.82) is 0 Å². The molecule has 0 unspecified atom stereocenters. The Kier molecular flexibility index (Phi) is 6.13. The minimum atomic E-state index is -3.75. The van der Waals surface area contributed by atoms with Crippen LogP contribution in [0.25, 0.3) is 0 Å². The molecule has 32 heavy (non-hydrogen) atoms. The number of hydrogen-bond donors (Lipinski definition) is 2. The van der Waals surface area contributed by atoms with Gasteiger partial charge in [-0.05, 0) is 56.2 Å². The Bertz CT molecular complexity index is 1160. The minimum absolute atomic E-state index is 0.0803. The van der Waals surface area contributed by atoms with Crippen LogP contribution >= 0.6 is 0 Å². The van der Waals surface area contributed by atoms with Gasteiger partial charge in [0.25, 0.3) is 15.9 Å². The minimum Gasteiger partial charge on any atom is -0.484 e. The molecule has 0 spiro atoms. The number of likely N-dealkylation sites (N-methyl/N-ethyl adjacent to an activating group) is 1. The molecule has 0 saturated carbocycles. The predicted molar refractivity (Wildman–Crippen MR) is 119 cm³/mol. The van der Waals surface area contributed by atoms with Gasteiger partial charge in [0.2, 0.25) is 5.91 Å². The van der Waals surface area contributed by atoms with Gasteiger partial charge in [0.1, 0.15) is 16.7 Å². The maximum Gasteiger partial charge on any atom is 0.285 e. The molecule has 2 aliphatic rings. The smallest absolute Gasteiger partial charge is 0.285 e. The zero-order valence-corrected chi connectivity index (χ0v) is 18.4. The maximum absolute atomic E-state index is 13.0. The predicted octanol–water partition coefficient (Wildman–Crippen LogP) is 1.75. The molecule has 2 amide bonds. The summed E-state index contributed by atoms with van der Waals surface area (Å²) in [6.07, 6.45) is 1.35. The molecule has 1 fully saturated rings. The lowest BCUT2D eigenvalue weighted by Gasteiger charge is -2.25. The van der Waals surface area contributed by atoms with Crippen molar-refractivity contribution in [3.8, 4) is 5.75 Å². The zero-order chi connectivity index (χ0) is 22.7. The molecule has 0 bridgehead atoms. The Labute approximate surface area is 186 Å². The fraction of sp³-hybridized carbons (Fsp3) is 0.318. The van der Waals surface area contributed by atoms with Crippen molar-refractivity contribution < 1.29 is 22.7 Å². The number of sulfonamides is 1. The summed E-state index contributed by atoms with van der Waals surface area (Å²) >= 11 is 0. The third-order valence-corrected chi connectivity index (χ3v) is 6.63. The van der Waals surface area contributed by atoms with Crippen LogP contribution < -0.4 is 15.4 Å². The highest BCUT2D eigenvalue weighted by atomic mass is 32.2. The summed E-state index contributed by atoms with van der Waals surface area (Å²) in [5.74, 6) is 0.402. The molecule has 10 heteroatoms. The van der Waals surface area contributed by atoms with Crippen LogP contribution in [-0.2, 0) is 19.6 Å². The topological polar surface area (TPSA) is 117 Å². The van der Waals surface area contributed by atoms with E-state index in [1.165, 1.54) is 6.07 Å². The van der Waals surface area contributed by atoms with Crippen LogP contribution in [0, 0.1) is 0 Å². The molecule has 4 rings (SSSR count). The van der Waals surface area contributed by atoms with Gasteiger partial charge in [-0.2, -0.15) is 8.42 Å². The number of anilines is 1. The lowest BCUT2D eigenvalue weighted by molar-refractivity contribution is -0.123. The highest BCUT2D eigenvalue weighted by Gasteiger charge is 2.39. The Morgan fingerprint density at radius 1 is 1.16 bits per heavy atom. The monoisotopic (exact) mass is 456 g/mol. The lowest BCUT2D eigenvalue weighted by Crippen LogP contribution is -2.43. The second-order valence-corrected chi connectivity index (χ2v) is 9.07. The van der Waals surface area contributed by atoms with Gasteiger partial charge in [-0.15, -0.1) is 4.40 Å². The van der Waals surface area contributed by atoms with Crippen LogP contribution in [-0.4, -0.2) is 56.7 Å². The average molecular weight is 457 g/mol. The van der Waals surface area contributed by atoms with E-state index in [9.17, 15) is 18.0 Å². The second-order valence-electron chi connectivity index (χ2n) is 7.49. The first-order chi connectivity index (χ1) is 15.4. The van der Waals surface area contributed by atoms with Crippen molar-refractivity contribution in [2.24, 2.45) is 4.40 Å². The van der Waals surface area contributed by atoms with E-state index >= 15 is 0 Å². The first-order valence-corrected chi connectivity index (χ1v) is 11.8. The molecule has 0 aliphatic carbocycles. The maximum atomic E-state index is 13.0. The van der Waals surface area contributed by atoms with Crippen molar-refractivity contribution in [1.82, 2.24) is 10.2 Å². The van der Waals surface area contributed by atoms with E-state index in [-0.39, 0.29) is 23.3 Å². The molecule has 168 valence electrons. The molecule has 2 aromatic rings. The summed E-state index contributed by atoms with van der Waals surface area (Å²) in [5, 5.41) is 5.52. The lowest BCUT2D eigenvalue weighted by atomic mass is 10.1. The average Bonchev–Trinajstić information content (AvgIpc) is 3.36. The van der Waals surface area contributed by atoms with Crippen molar-refractivity contribution in [2.75, 3.05) is 25.0 Å². The molecule has 9 nitrogen and oxygen atoms in total. The molecular weight excluding hydrogens is 432 g/mol. The number of rotatable bonds is 6. The summed E-state index contributed by atoms with van der Waals surface area (Å²) in [7, 11) is -3.75. The van der Waals surface area contributed by atoms with Crippen LogP contribution in [0.2, 0.25) is 0 Å². The Hall–Kier alpha value is -3.40. The van der Waals surface area contributed by atoms with Gasteiger partial charge in [-0.3, -0.25) is 9.59 Å². The molecule has 1 atom stereocenters. The zero-order valence-electron chi connectivity index (χ0n) is 17.6. The molecule has 1 saturated heterocycles. The van der Waals surface area contributed by atoms with Gasteiger partial charge in [0.05, 0.1) is 0 Å². The first kappa shape index (κ1) is 21.8. The largest absolute Gasteiger partial charge is 0.484 e. The quantitative estimate of drug-likeness (QED) is 0.684. The van der Waals surface area contributed by atoms with E-state index < -0.39 is 16.1 Å². The number of ether oxygens (including phenoxy) is 1. The van der Waals surface area contributed by atoms with Crippen LogP contribution in [0.15, 0.2) is 57.8 Å². The normalized spacial score (nSPS) is 18.6. The summed E-state index contributed by atoms with van der Waals surface area (Å²) < 4.78 is 34.2. The number of carbonyl (C=O) groups excluding carboxylic acids is 2. The van der Waals surface area contributed by atoms with Gasteiger partial charge >= 0.3 is 0 Å². The first-order valence-electron chi connectivity index (χ1n) is 10.4. The van der Waals surface area contributed by atoms with Gasteiger partial charge in [-0.1, -0.05) is 12.1 Å². The van der Waals surface area contributed by atoms with Crippen molar-refractivity contribution in [3.05, 3.63) is 54.1 Å². The van der Waals surface area contributed by atoms with E-state index in [0.29, 0.717) is 42.3 Å². The Balaban J connectivity index is 1.43. The molecule has 2 aliphatic heterocycles. The Morgan fingerprint density at radius 2 is 1.91 bits per heavy atom. The van der Waals surface area contributed by atoms with E-state index in [2.05, 4.69) is 15.0 Å². The summed E-state index contributed by atoms with van der Waals surface area (Å²) in [6, 6.07) is 12.9. The summed E-state index contributed by atoms with van der Waals surface area (Å²) in [5.41, 5.74) is 1.11. The number of nitrogens with one attached hydrogen (secondary N) is 2. The van der Waals surface area contributed by atoms with E-state index in [4.69, 9.17) is 4.74 Å². The molecule has 2 aromatic carbocycles. The van der Waals surface area contributed by atoms with Crippen LogP contribution in [0.4, 0.5) is 5.69 Å². The second kappa shape index (κ2) is 8.99. The third kappa shape index (κ3) is 4.45. The third-order valence-electron chi connectivity index (χ3n) is 5.31.